The van der Waals surface area contributed by atoms with E-state index in [0.717, 1.165) is 31.0 Å². The minimum absolute atomic E-state index is 0.225. The molecule has 2 aliphatic carbocycles. The van der Waals surface area contributed by atoms with Crippen molar-refractivity contribution in [3.63, 3.8) is 0 Å². The SMILES string of the molecule is O=C(Nc1cnc2n1CCCC2)[C@@H]1CC12CCC2. The van der Waals surface area contributed by atoms with Gasteiger partial charge in [-0.05, 0) is 37.5 Å². The van der Waals surface area contributed by atoms with Gasteiger partial charge in [-0.3, -0.25) is 4.79 Å². The van der Waals surface area contributed by atoms with Crippen LogP contribution in [-0.2, 0) is 17.8 Å². The molecule has 0 radical (unpaired) electrons. The maximum atomic E-state index is 12.2. The number of nitrogens with one attached hydrogen (secondary N) is 1. The molecule has 3 aliphatic rings. The number of carbonyl (C=O) groups excluding carboxylic acids is 1. The third-order valence-corrected chi connectivity index (χ3v) is 5.08. The summed E-state index contributed by atoms with van der Waals surface area (Å²) in [5.74, 6) is 2.55. The fraction of sp³-hybridized carbons (Fsp3) is 0.714. The van der Waals surface area contributed by atoms with Crippen molar-refractivity contribution in [1.82, 2.24) is 9.55 Å². The molecule has 18 heavy (non-hydrogen) atoms. The van der Waals surface area contributed by atoms with Crippen molar-refractivity contribution < 1.29 is 4.79 Å². The highest BCUT2D eigenvalue weighted by atomic mass is 16.2. The molecule has 2 heterocycles. The molecule has 0 unspecified atom stereocenters. The first-order valence-corrected chi connectivity index (χ1v) is 7.14. The average molecular weight is 245 g/mol. The van der Waals surface area contributed by atoms with Crippen LogP contribution in [0.1, 0.15) is 44.3 Å². The van der Waals surface area contributed by atoms with Gasteiger partial charge in [0.05, 0.1) is 6.20 Å². The molecule has 0 saturated heterocycles. The van der Waals surface area contributed by atoms with Crippen molar-refractivity contribution in [2.45, 2.75) is 51.5 Å². The van der Waals surface area contributed by atoms with Gasteiger partial charge < -0.3 is 9.88 Å². The Kier molecular flexibility index (Phi) is 2.11. The van der Waals surface area contributed by atoms with Crippen LogP contribution in [0.2, 0.25) is 0 Å². The first kappa shape index (κ1) is 10.6. The summed E-state index contributed by atoms with van der Waals surface area (Å²) in [6.45, 7) is 1.00. The molecule has 1 spiro atoms. The molecule has 1 amide bonds. The molecule has 2 fully saturated rings. The van der Waals surface area contributed by atoms with Crippen molar-refractivity contribution in [1.29, 1.82) is 0 Å². The van der Waals surface area contributed by atoms with E-state index in [1.165, 1.54) is 32.1 Å². The Hall–Kier alpha value is -1.32. The Bertz CT molecular complexity index is 501. The Labute approximate surface area is 107 Å². The van der Waals surface area contributed by atoms with E-state index in [0.29, 0.717) is 5.41 Å². The van der Waals surface area contributed by atoms with Crippen LogP contribution in [-0.4, -0.2) is 15.5 Å². The smallest absolute Gasteiger partial charge is 0.229 e. The summed E-state index contributed by atoms with van der Waals surface area (Å²) in [6.07, 6.45) is 10.2. The van der Waals surface area contributed by atoms with E-state index in [4.69, 9.17) is 0 Å². The number of rotatable bonds is 2. The van der Waals surface area contributed by atoms with Crippen molar-refractivity contribution in [3.8, 4) is 0 Å². The number of fused-ring (bicyclic) bond motifs is 1. The lowest BCUT2D eigenvalue weighted by atomic mass is 9.80. The van der Waals surface area contributed by atoms with Crippen LogP contribution in [0.25, 0.3) is 0 Å². The first-order chi connectivity index (χ1) is 8.78. The van der Waals surface area contributed by atoms with E-state index >= 15 is 0 Å². The summed E-state index contributed by atoms with van der Waals surface area (Å²) < 4.78 is 2.18. The maximum absolute atomic E-state index is 12.2. The molecule has 2 saturated carbocycles. The Balaban J connectivity index is 1.48. The van der Waals surface area contributed by atoms with Gasteiger partial charge in [-0.15, -0.1) is 0 Å². The molecule has 0 aromatic carbocycles. The maximum Gasteiger partial charge on any atom is 0.229 e. The molecule has 1 aromatic heterocycles. The Morgan fingerprint density at radius 2 is 2.28 bits per heavy atom. The molecule has 96 valence electrons. The fourth-order valence-electron chi connectivity index (χ4n) is 3.63. The highest BCUT2D eigenvalue weighted by Gasteiger charge is 2.60. The average Bonchev–Trinajstić information content (AvgIpc) is 3.01. The van der Waals surface area contributed by atoms with Gasteiger partial charge in [0.1, 0.15) is 11.6 Å². The number of amides is 1. The van der Waals surface area contributed by atoms with Gasteiger partial charge in [0.25, 0.3) is 0 Å². The molecule has 4 heteroatoms. The van der Waals surface area contributed by atoms with Crippen molar-refractivity contribution >= 4 is 11.7 Å². The second kappa shape index (κ2) is 3.59. The molecule has 4 rings (SSSR count). The normalized spacial score (nSPS) is 27.4. The topological polar surface area (TPSA) is 46.9 Å². The highest BCUT2D eigenvalue weighted by Crippen LogP contribution is 2.65. The number of carbonyl (C=O) groups is 1. The van der Waals surface area contributed by atoms with E-state index in [1.807, 2.05) is 6.20 Å². The molecule has 0 bridgehead atoms. The second-order valence-electron chi connectivity index (χ2n) is 6.13. The summed E-state index contributed by atoms with van der Waals surface area (Å²) in [6, 6.07) is 0. The van der Waals surface area contributed by atoms with Crippen molar-refractivity contribution in [3.05, 3.63) is 12.0 Å². The van der Waals surface area contributed by atoms with E-state index in [-0.39, 0.29) is 11.8 Å². The standard InChI is InChI=1S/C14H19N3O/c18-13(10-8-14(10)5-3-6-14)16-12-9-15-11-4-1-2-7-17(11)12/h9-10H,1-8H2,(H,16,18)/t10-/m0/s1. The Morgan fingerprint density at radius 3 is 3.00 bits per heavy atom. The molecule has 4 nitrogen and oxygen atoms in total. The number of hydrogen-bond donors (Lipinski definition) is 1. The lowest BCUT2D eigenvalue weighted by molar-refractivity contribution is -0.118. The van der Waals surface area contributed by atoms with Crippen molar-refractivity contribution in [2.24, 2.45) is 11.3 Å². The third-order valence-electron chi connectivity index (χ3n) is 5.08. The largest absolute Gasteiger partial charge is 0.315 e. The summed E-state index contributed by atoms with van der Waals surface area (Å²) in [4.78, 5) is 16.6. The first-order valence-electron chi connectivity index (χ1n) is 7.14. The third kappa shape index (κ3) is 1.44. The molecule has 1 aromatic rings. The van der Waals surface area contributed by atoms with Gasteiger partial charge in [0.15, 0.2) is 0 Å². The Morgan fingerprint density at radius 1 is 1.39 bits per heavy atom. The predicted octanol–water partition coefficient (Wildman–Crippen LogP) is 2.35. The number of hydrogen-bond acceptors (Lipinski definition) is 2. The molecule has 1 aliphatic heterocycles. The van der Waals surface area contributed by atoms with Gasteiger partial charge in [-0.2, -0.15) is 0 Å². The molecular formula is C14H19N3O. The van der Waals surface area contributed by atoms with Crippen LogP contribution in [0.4, 0.5) is 5.82 Å². The zero-order valence-corrected chi connectivity index (χ0v) is 10.6. The van der Waals surface area contributed by atoms with E-state index in [9.17, 15) is 4.79 Å². The number of nitrogens with zero attached hydrogens (tertiary/aromatic N) is 2. The molecule has 1 N–H and O–H groups in total. The molecule has 1 atom stereocenters. The molecular weight excluding hydrogens is 226 g/mol. The minimum atomic E-state index is 0.225. The fourth-order valence-corrected chi connectivity index (χ4v) is 3.63. The van der Waals surface area contributed by atoms with E-state index in [1.54, 1.807) is 0 Å². The summed E-state index contributed by atoms with van der Waals surface area (Å²) >= 11 is 0. The minimum Gasteiger partial charge on any atom is -0.315 e. The van der Waals surface area contributed by atoms with E-state index < -0.39 is 0 Å². The lowest BCUT2D eigenvalue weighted by Crippen LogP contribution is -2.24. The predicted molar refractivity (Wildman–Crippen MR) is 68.2 cm³/mol. The number of aryl methyl sites for hydroxylation is 1. The summed E-state index contributed by atoms with van der Waals surface area (Å²) in [5, 5.41) is 3.10. The number of imidazole rings is 1. The summed E-state index contributed by atoms with van der Waals surface area (Å²) in [7, 11) is 0. The quantitative estimate of drug-likeness (QED) is 0.869. The lowest BCUT2D eigenvalue weighted by Gasteiger charge is -2.26. The van der Waals surface area contributed by atoms with Gasteiger partial charge in [0.2, 0.25) is 5.91 Å². The van der Waals surface area contributed by atoms with E-state index in [2.05, 4.69) is 14.9 Å². The zero-order chi connectivity index (χ0) is 12.2. The number of anilines is 1. The van der Waals surface area contributed by atoms with Crippen LogP contribution < -0.4 is 5.32 Å². The van der Waals surface area contributed by atoms with Crippen LogP contribution in [0, 0.1) is 11.3 Å². The van der Waals surface area contributed by atoms with Gasteiger partial charge >= 0.3 is 0 Å². The van der Waals surface area contributed by atoms with Crippen LogP contribution in [0.5, 0.6) is 0 Å². The zero-order valence-electron chi connectivity index (χ0n) is 10.6. The second-order valence-corrected chi connectivity index (χ2v) is 6.13. The van der Waals surface area contributed by atoms with Gasteiger partial charge in [0, 0.05) is 18.9 Å². The summed E-state index contributed by atoms with van der Waals surface area (Å²) in [5.41, 5.74) is 0.412. The van der Waals surface area contributed by atoms with Gasteiger partial charge in [-0.1, -0.05) is 6.42 Å². The monoisotopic (exact) mass is 245 g/mol. The van der Waals surface area contributed by atoms with Crippen LogP contribution >= 0.6 is 0 Å². The number of aromatic nitrogens is 2. The van der Waals surface area contributed by atoms with Crippen LogP contribution in [0.15, 0.2) is 6.20 Å². The highest BCUT2D eigenvalue weighted by molar-refractivity contribution is 5.94. The van der Waals surface area contributed by atoms with Crippen LogP contribution in [0.3, 0.4) is 0 Å². The van der Waals surface area contributed by atoms with Gasteiger partial charge in [-0.25, -0.2) is 4.98 Å². The van der Waals surface area contributed by atoms with Crippen molar-refractivity contribution in [2.75, 3.05) is 5.32 Å².